The number of hydrogen-bond acceptors (Lipinski definition) is 0. The molecule has 0 aliphatic rings. The molecule has 0 radical (unpaired) electrons. The second kappa shape index (κ2) is 9.18. The van der Waals surface area contributed by atoms with E-state index in [1.54, 1.807) is 0 Å². The summed E-state index contributed by atoms with van der Waals surface area (Å²) in [5.74, 6) is 0. The third kappa shape index (κ3) is 5.59. The van der Waals surface area contributed by atoms with Gasteiger partial charge in [0.1, 0.15) is 0 Å². The van der Waals surface area contributed by atoms with E-state index in [0.29, 0.717) is 0 Å². The van der Waals surface area contributed by atoms with Crippen molar-refractivity contribution in [2.24, 2.45) is 0 Å². The molecule has 112 valence electrons. The first-order valence-corrected chi connectivity index (χ1v) is 7.89. The Morgan fingerprint density at radius 3 is 2.19 bits per heavy atom. The molecule has 0 bridgehead atoms. The second-order valence-corrected chi connectivity index (χ2v) is 5.35. The molecule has 0 heteroatoms. The molecule has 0 aliphatic carbocycles. The van der Waals surface area contributed by atoms with Gasteiger partial charge in [0.25, 0.3) is 0 Å². The van der Waals surface area contributed by atoms with Crippen LogP contribution in [0.25, 0.3) is 5.57 Å². The van der Waals surface area contributed by atoms with E-state index < -0.39 is 0 Å². The molecular weight excluding hydrogens is 252 g/mol. The van der Waals surface area contributed by atoms with Crippen LogP contribution in [0.3, 0.4) is 0 Å². The average molecular weight is 280 g/mol. The number of rotatable bonds is 6. The third-order valence-electron chi connectivity index (χ3n) is 3.61. The Kier molecular flexibility index (Phi) is 7.53. The molecule has 21 heavy (non-hydrogen) atoms. The van der Waals surface area contributed by atoms with Crippen molar-refractivity contribution < 1.29 is 0 Å². The minimum absolute atomic E-state index is 1.06. The summed E-state index contributed by atoms with van der Waals surface area (Å²) in [6, 6.07) is 8.85. The van der Waals surface area contributed by atoms with Crippen molar-refractivity contribution in [3.8, 4) is 0 Å². The summed E-state index contributed by atoms with van der Waals surface area (Å²) < 4.78 is 0. The second-order valence-electron chi connectivity index (χ2n) is 5.35. The van der Waals surface area contributed by atoms with Crippen molar-refractivity contribution in [3.05, 3.63) is 76.9 Å². The van der Waals surface area contributed by atoms with Gasteiger partial charge in [-0.15, -0.1) is 0 Å². The van der Waals surface area contributed by atoms with Gasteiger partial charge in [-0.1, -0.05) is 79.6 Å². The molecule has 0 N–H and O–H groups in total. The van der Waals surface area contributed by atoms with E-state index in [9.17, 15) is 0 Å². The Hall–Kier alpha value is -1.82. The Balaban J connectivity index is 3.09. The highest BCUT2D eigenvalue weighted by Crippen LogP contribution is 2.25. The van der Waals surface area contributed by atoms with Gasteiger partial charge < -0.3 is 0 Å². The number of allylic oxidation sites excluding steroid dienone is 8. The highest BCUT2D eigenvalue weighted by atomic mass is 14.1. The molecule has 0 unspecified atom stereocenters. The summed E-state index contributed by atoms with van der Waals surface area (Å²) in [7, 11) is 0. The van der Waals surface area contributed by atoms with Crippen molar-refractivity contribution in [1.82, 2.24) is 0 Å². The summed E-state index contributed by atoms with van der Waals surface area (Å²) >= 11 is 0. The molecule has 0 aliphatic heterocycles. The minimum atomic E-state index is 1.06. The van der Waals surface area contributed by atoms with Crippen LogP contribution in [0, 0.1) is 6.92 Å². The van der Waals surface area contributed by atoms with E-state index in [-0.39, 0.29) is 0 Å². The zero-order valence-corrected chi connectivity index (χ0v) is 14.1. The molecule has 1 rings (SSSR count). The van der Waals surface area contributed by atoms with Crippen LogP contribution in [-0.2, 0) is 0 Å². The fourth-order valence-electron chi connectivity index (χ4n) is 2.44. The van der Waals surface area contributed by atoms with Gasteiger partial charge >= 0.3 is 0 Å². The maximum absolute atomic E-state index is 2.26. The van der Waals surface area contributed by atoms with E-state index in [4.69, 9.17) is 0 Å². The van der Waals surface area contributed by atoms with Gasteiger partial charge in [-0.3, -0.25) is 0 Å². The molecule has 0 atom stereocenters. The summed E-state index contributed by atoms with van der Waals surface area (Å²) in [5, 5.41) is 0. The van der Waals surface area contributed by atoms with Crippen LogP contribution in [0.2, 0.25) is 0 Å². The topological polar surface area (TPSA) is 0 Å². The monoisotopic (exact) mass is 280 g/mol. The van der Waals surface area contributed by atoms with E-state index in [2.05, 4.69) is 82.3 Å². The number of hydrogen-bond donors (Lipinski definition) is 0. The van der Waals surface area contributed by atoms with Crippen LogP contribution >= 0.6 is 0 Å². The zero-order chi connectivity index (χ0) is 15.7. The zero-order valence-electron chi connectivity index (χ0n) is 14.1. The van der Waals surface area contributed by atoms with Crippen LogP contribution in [-0.4, -0.2) is 0 Å². The Labute approximate surface area is 130 Å². The van der Waals surface area contributed by atoms with Crippen molar-refractivity contribution in [2.75, 3.05) is 0 Å². The first-order valence-electron chi connectivity index (χ1n) is 7.89. The Bertz CT molecular complexity index is 548. The summed E-state index contributed by atoms with van der Waals surface area (Å²) in [5.41, 5.74) is 6.81. The lowest BCUT2D eigenvalue weighted by molar-refractivity contribution is 1.11. The molecule has 1 aromatic rings. The summed E-state index contributed by atoms with van der Waals surface area (Å²) in [4.78, 5) is 0. The normalized spacial score (nSPS) is 14.0. The van der Waals surface area contributed by atoms with Crippen molar-refractivity contribution in [3.63, 3.8) is 0 Å². The average Bonchev–Trinajstić information content (AvgIpc) is 2.48. The van der Waals surface area contributed by atoms with Gasteiger partial charge in [0.05, 0.1) is 0 Å². The number of benzene rings is 1. The molecular formula is C21H28. The summed E-state index contributed by atoms with van der Waals surface area (Å²) in [6.45, 7) is 10.8. The van der Waals surface area contributed by atoms with E-state index >= 15 is 0 Å². The predicted molar refractivity (Wildman–Crippen MR) is 96.4 cm³/mol. The quantitative estimate of drug-likeness (QED) is 0.512. The summed E-state index contributed by atoms with van der Waals surface area (Å²) in [6.07, 6.45) is 12.9. The molecule has 0 amide bonds. The van der Waals surface area contributed by atoms with E-state index in [1.165, 1.54) is 27.8 Å². The van der Waals surface area contributed by atoms with Crippen LogP contribution in [0.5, 0.6) is 0 Å². The molecule has 0 fully saturated rings. The molecule has 0 saturated heterocycles. The van der Waals surface area contributed by atoms with Crippen molar-refractivity contribution in [1.29, 1.82) is 0 Å². The van der Waals surface area contributed by atoms with Crippen LogP contribution in [0.1, 0.15) is 51.7 Å². The lowest BCUT2D eigenvalue weighted by Crippen LogP contribution is -1.89. The van der Waals surface area contributed by atoms with Gasteiger partial charge in [0.15, 0.2) is 0 Å². The predicted octanol–water partition coefficient (Wildman–Crippen LogP) is 6.65. The fourth-order valence-corrected chi connectivity index (χ4v) is 2.44. The number of aryl methyl sites for hydroxylation is 1. The largest absolute Gasteiger partial charge is 0.0874 e. The van der Waals surface area contributed by atoms with Gasteiger partial charge in [-0.05, 0) is 50.3 Å². The van der Waals surface area contributed by atoms with Gasteiger partial charge in [0.2, 0.25) is 0 Å². The SMILES string of the molecule is C\C=C/C(C)=C\C=C\C(CC)=C(/CC)c1ccc(C)cc1. The maximum Gasteiger partial charge on any atom is -0.0222 e. The molecule has 0 heterocycles. The lowest BCUT2D eigenvalue weighted by atomic mass is 9.95. The fraction of sp³-hybridized carbons (Fsp3) is 0.333. The lowest BCUT2D eigenvalue weighted by Gasteiger charge is -2.10. The van der Waals surface area contributed by atoms with Crippen molar-refractivity contribution >= 4 is 5.57 Å². The minimum Gasteiger partial charge on any atom is -0.0874 e. The first kappa shape index (κ1) is 17.2. The van der Waals surface area contributed by atoms with Crippen LogP contribution in [0.15, 0.2) is 65.8 Å². The highest BCUT2D eigenvalue weighted by molar-refractivity contribution is 5.71. The third-order valence-corrected chi connectivity index (χ3v) is 3.61. The van der Waals surface area contributed by atoms with Crippen LogP contribution < -0.4 is 0 Å². The Morgan fingerprint density at radius 2 is 1.67 bits per heavy atom. The van der Waals surface area contributed by atoms with E-state index in [0.717, 1.165) is 12.8 Å². The smallest absolute Gasteiger partial charge is 0.0222 e. The van der Waals surface area contributed by atoms with Gasteiger partial charge in [0, 0.05) is 0 Å². The van der Waals surface area contributed by atoms with Crippen molar-refractivity contribution in [2.45, 2.75) is 47.5 Å². The molecule has 0 nitrogen and oxygen atoms in total. The Morgan fingerprint density at radius 1 is 1.00 bits per heavy atom. The molecule has 0 saturated carbocycles. The van der Waals surface area contributed by atoms with Crippen LogP contribution in [0.4, 0.5) is 0 Å². The standard InChI is InChI=1S/C21H28/c1-6-10-17(4)11-9-12-19(7-2)21(8-3)20-15-13-18(5)14-16-20/h6,9-16H,7-8H2,1-5H3/b10-6-,12-9+,17-11-,21-19+. The molecule has 1 aromatic carbocycles. The van der Waals surface area contributed by atoms with Gasteiger partial charge in [-0.2, -0.15) is 0 Å². The first-order chi connectivity index (χ1) is 10.1. The van der Waals surface area contributed by atoms with Gasteiger partial charge in [-0.25, -0.2) is 0 Å². The maximum atomic E-state index is 2.26. The molecule has 0 spiro atoms. The van der Waals surface area contributed by atoms with E-state index in [1.807, 2.05) is 6.92 Å². The highest BCUT2D eigenvalue weighted by Gasteiger charge is 2.03. The molecule has 0 aromatic heterocycles.